The molecule has 6 nitrogen and oxygen atoms in total. The van der Waals surface area contributed by atoms with Gasteiger partial charge in [0, 0.05) is 11.4 Å². The molecule has 0 unspecified atom stereocenters. The number of aromatic amines is 1. The summed E-state index contributed by atoms with van der Waals surface area (Å²) in [4.78, 5) is 28.8. The maximum atomic E-state index is 13.0. The fourth-order valence-corrected chi connectivity index (χ4v) is 2.05. The summed E-state index contributed by atoms with van der Waals surface area (Å²) in [5.41, 5.74) is 5.45. The van der Waals surface area contributed by atoms with Gasteiger partial charge < -0.3 is 15.8 Å². The van der Waals surface area contributed by atoms with Crippen LogP contribution >= 0.6 is 11.6 Å². The molecule has 0 aliphatic rings. The molecule has 0 amide bonds. The van der Waals surface area contributed by atoms with Crippen molar-refractivity contribution in [2.75, 3.05) is 5.73 Å². The number of aliphatic carboxylic acids is 1. The van der Waals surface area contributed by atoms with Gasteiger partial charge in [-0.2, -0.15) is 0 Å². The lowest BCUT2D eigenvalue weighted by atomic mass is 10.1. The van der Waals surface area contributed by atoms with Crippen molar-refractivity contribution in [3.05, 3.63) is 56.3 Å². The summed E-state index contributed by atoms with van der Waals surface area (Å²) in [5.74, 6) is -1.57. The Morgan fingerprint density at radius 1 is 1.48 bits per heavy atom. The molecule has 110 valence electrons. The van der Waals surface area contributed by atoms with E-state index in [-0.39, 0.29) is 28.6 Å². The second kappa shape index (κ2) is 5.92. The number of benzene rings is 1. The third kappa shape index (κ3) is 3.57. The molecule has 1 aromatic carbocycles. The van der Waals surface area contributed by atoms with Gasteiger partial charge in [-0.15, -0.1) is 0 Å². The maximum absolute atomic E-state index is 13.0. The van der Waals surface area contributed by atoms with E-state index in [0.717, 1.165) is 6.07 Å². The van der Waals surface area contributed by atoms with Gasteiger partial charge in [0.05, 0.1) is 12.0 Å². The van der Waals surface area contributed by atoms with Crippen LogP contribution in [0.4, 0.5) is 10.2 Å². The van der Waals surface area contributed by atoms with Gasteiger partial charge in [-0.25, -0.2) is 9.37 Å². The summed E-state index contributed by atoms with van der Waals surface area (Å²) in [6.07, 6.45) is -0.363. The fraction of sp³-hybridized carbons (Fsp3) is 0.154. The summed E-state index contributed by atoms with van der Waals surface area (Å²) in [5, 5.41) is 8.89. The van der Waals surface area contributed by atoms with E-state index in [9.17, 15) is 14.0 Å². The zero-order valence-electron chi connectivity index (χ0n) is 10.7. The Morgan fingerprint density at radius 2 is 2.19 bits per heavy atom. The Labute approximate surface area is 123 Å². The Balaban J connectivity index is 2.34. The first-order valence-electron chi connectivity index (χ1n) is 5.90. The maximum Gasteiger partial charge on any atom is 0.308 e. The molecule has 0 bridgehead atoms. The van der Waals surface area contributed by atoms with Gasteiger partial charge in [0.15, 0.2) is 0 Å². The Hall–Kier alpha value is -2.41. The van der Waals surface area contributed by atoms with E-state index >= 15 is 0 Å². The quantitative estimate of drug-likeness (QED) is 0.790. The molecule has 21 heavy (non-hydrogen) atoms. The molecule has 2 aromatic rings. The molecule has 0 atom stereocenters. The summed E-state index contributed by atoms with van der Waals surface area (Å²) < 4.78 is 13.0. The number of halogens is 2. The van der Waals surface area contributed by atoms with Crippen molar-refractivity contribution in [3.63, 3.8) is 0 Å². The summed E-state index contributed by atoms with van der Waals surface area (Å²) in [7, 11) is 0. The number of hydrogen-bond donors (Lipinski definition) is 3. The van der Waals surface area contributed by atoms with E-state index in [4.69, 9.17) is 22.4 Å². The highest BCUT2D eigenvalue weighted by Crippen LogP contribution is 2.19. The van der Waals surface area contributed by atoms with E-state index in [1.807, 2.05) is 0 Å². The van der Waals surface area contributed by atoms with Crippen molar-refractivity contribution >= 4 is 23.4 Å². The van der Waals surface area contributed by atoms with Gasteiger partial charge in [0.2, 0.25) is 0 Å². The number of carboxylic acid groups (broad SMARTS) is 1. The molecule has 4 N–H and O–H groups in total. The number of carboxylic acids is 1. The molecule has 0 radical (unpaired) electrons. The number of carbonyl (C=O) groups is 1. The number of nitrogens with zero attached hydrogens (tertiary/aromatic N) is 1. The molecular weight excluding hydrogens is 301 g/mol. The Bertz CT molecular complexity index is 761. The monoisotopic (exact) mass is 311 g/mol. The van der Waals surface area contributed by atoms with Crippen LogP contribution < -0.4 is 11.3 Å². The van der Waals surface area contributed by atoms with Crippen LogP contribution in [0.1, 0.15) is 17.0 Å². The largest absolute Gasteiger partial charge is 0.481 e. The highest BCUT2D eigenvalue weighted by atomic mass is 35.5. The zero-order chi connectivity index (χ0) is 15.6. The highest BCUT2D eigenvalue weighted by Gasteiger charge is 2.13. The van der Waals surface area contributed by atoms with Crippen molar-refractivity contribution in [3.8, 4) is 0 Å². The predicted molar refractivity (Wildman–Crippen MR) is 74.8 cm³/mol. The Morgan fingerprint density at radius 3 is 2.76 bits per heavy atom. The van der Waals surface area contributed by atoms with Crippen LogP contribution in [0.3, 0.4) is 0 Å². The second-order valence-electron chi connectivity index (χ2n) is 4.36. The number of rotatable bonds is 4. The van der Waals surface area contributed by atoms with Crippen molar-refractivity contribution in [1.29, 1.82) is 0 Å². The van der Waals surface area contributed by atoms with Gasteiger partial charge in [-0.05, 0) is 17.7 Å². The topological polar surface area (TPSA) is 109 Å². The molecule has 0 saturated heterocycles. The third-order valence-electron chi connectivity index (χ3n) is 2.80. The van der Waals surface area contributed by atoms with E-state index in [2.05, 4.69) is 9.97 Å². The van der Waals surface area contributed by atoms with E-state index < -0.39 is 23.8 Å². The second-order valence-corrected chi connectivity index (χ2v) is 4.77. The Kier molecular flexibility index (Phi) is 4.23. The van der Waals surface area contributed by atoms with Gasteiger partial charge in [-0.1, -0.05) is 17.7 Å². The zero-order valence-corrected chi connectivity index (χ0v) is 11.4. The summed E-state index contributed by atoms with van der Waals surface area (Å²) in [6.45, 7) is 0. The van der Waals surface area contributed by atoms with E-state index in [1.165, 1.54) is 12.1 Å². The average Bonchev–Trinajstić information content (AvgIpc) is 2.37. The summed E-state index contributed by atoms with van der Waals surface area (Å²) >= 11 is 5.89. The van der Waals surface area contributed by atoms with Crippen LogP contribution in [-0.4, -0.2) is 21.0 Å². The first-order valence-corrected chi connectivity index (χ1v) is 6.28. The van der Waals surface area contributed by atoms with Crippen LogP contribution in [0.15, 0.2) is 23.0 Å². The first kappa shape index (κ1) is 15.0. The molecule has 1 heterocycles. The molecular formula is C13H11ClFN3O3. The molecule has 0 saturated carbocycles. The lowest BCUT2D eigenvalue weighted by Crippen LogP contribution is -2.22. The van der Waals surface area contributed by atoms with Gasteiger partial charge >= 0.3 is 5.97 Å². The van der Waals surface area contributed by atoms with Gasteiger partial charge in [0.25, 0.3) is 5.56 Å². The van der Waals surface area contributed by atoms with Crippen LogP contribution in [0.5, 0.6) is 0 Å². The van der Waals surface area contributed by atoms with Crippen LogP contribution in [0.2, 0.25) is 5.02 Å². The minimum Gasteiger partial charge on any atom is -0.481 e. The smallest absolute Gasteiger partial charge is 0.308 e. The number of nitrogens with one attached hydrogen (secondary N) is 1. The van der Waals surface area contributed by atoms with Gasteiger partial charge in [0.1, 0.15) is 17.5 Å². The molecule has 0 aliphatic heterocycles. The number of H-pyrrole nitrogens is 1. The minimum absolute atomic E-state index is 0.101. The van der Waals surface area contributed by atoms with Crippen LogP contribution in [0.25, 0.3) is 0 Å². The molecule has 0 aliphatic carbocycles. The van der Waals surface area contributed by atoms with Crippen molar-refractivity contribution in [1.82, 2.24) is 9.97 Å². The predicted octanol–water partition coefficient (Wildman–Crippen LogP) is 1.36. The average molecular weight is 312 g/mol. The lowest BCUT2D eigenvalue weighted by molar-refractivity contribution is -0.136. The normalized spacial score (nSPS) is 10.6. The SMILES string of the molecule is Nc1nc(Cc2ccc(F)cc2Cl)[nH]c(=O)c1CC(=O)O. The van der Waals surface area contributed by atoms with Crippen LogP contribution in [0, 0.1) is 5.82 Å². The lowest BCUT2D eigenvalue weighted by Gasteiger charge is -2.07. The number of anilines is 1. The van der Waals surface area contributed by atoms with Crippen molar-refractivity contribution in [2.24, 2.45) is 0 Å². The van der Waals surface area contributed by atoms with Crippen molar-refractivity contribution in [2.45, 2.75) is 12.8 Å². The number of nitrogen functional groups attached to an aromatic ring is 1. The fourth-order valence-electron chi connectivity index (χ4n) is 1.81. The molecule has 0 spiro atoms. The standard InChI is InChI=1S/C13H11ClFN3O3/c14-9-4-7(15)2-1-6(9)3-10-17-12(16)8(5-11(19)20)13(21)18-10/h1-2,4H,3,5H2,(H,19,20)(H3,16,17,18,21). The van der Waals surface area contributed by atoms with E-state index in [1.54, 1.807) is 0 Å². The van der Waals surface area contributed by atoms with Gasteiger partial charge in [-0.3, -0.25) is 9.59 Å². The minimum atomic E-state index is -1.18. The molecule has 0 fully saturated rings. The first-order chi connectivity index (χ1) is 9.86. The third-order valence-corrected chi connectivity index (χ3v) is 3.15. The molecule has 1 aromatic heterocycles. The molecule has 2 rings (SSSR count). The number of aromatic nitrogens is 2. The van der Waals surface area contributed by atoms with Crippen LogP contribution in [-0.2, 0) is 17.6 Å². The number of hydrogen-bond acceptors (Lipinski definition) is 4. The summed E-state index contributed by atoms with van der Waals surface area (Å²) in [6, 6.07) is 3.86. The molecule has 8 heteroatoms. The van der Waals surface area contributed by atoms with Crippen molar-refractivity contribution < 1.29 is 14.3 Å². The van der Waals surface area contributed by atoms with E-state index in [0.29, 0.717) is 5.56 Å². The number of nitrogens with two attached hydrogens (primary N) is 1. The highest BCUT2D eigenvalue weighted by molar-refractivity contribution is 6.31.